The Morgan fingerprint density at radius 1 is 1.33 bits per heavy atom. The van der Waals surface area contributed by atoms with Crippen molar-refractivity contribution in [3.63, 3.8) is 0 Å². The van der Waals surface area contributed by atoms with E-state index in [2.05, 4.69) is 15.6 Å². The minimum Gasteiger partial charge on any atom is -0.463 e. The number of rotatable bonds is 5. The Hall–Kier alpha value is -1.49. The lowest BCUT2D eigenvalue weighted by Crippen LogP contribution is -2.38. The van der Waals surface area contributed by atoms with E-state index in [1.807, 2.05) is 26.8 Å². The van der Waals surface area contributed by atoms with Gasteiger partial charge < -0.3 is 20.2 Å². The van der Waals surface area contributed by atoms with Gasteiger partial charge in [0.1, 0.15) is 17.1 Å². The standard InChI is InChI=1S/C13H23N3O2/c1-5-14-12(15-6-2)16-9-13(4,17)11-8-7-10(3)18-11/h7-8,17H,5-6,9H2,1-4H3,(H2,14,15,16). The topological polar surface area (TPSA) is 69.8 Å². The predicted molar refractivity (Wildman–Crippen MR) is 72.7 cm³/mol. The summed E-state index contributed by atoms with van der Waals surface area (Å²) in [5, 5.41) is 16.5. The Morgan fingerprint density at radius 3 is 2.39 bits per heavy atom. The molecule has 3 N–H and O–H groups in total. The van der Waals surface area contributed by atoms with E-state index in [1.165, 1.54) is 0 Å². The van der Waals surface area contributed by atoms with Crippen molar-refractivity contribution >= 4 is 5.96 Å². The average Bonchev–Trinajstić information content (AvgIpc) is 2.74. The van der Waals surface area contributed by atoms with E-state index in [1.54, 1.807) is 13.0 Å². The molecule has 18 heavy (non-hydrogen) atoms. The van der Waals surface area contributed by atoms with Crippen LogP contribution in [-0.4, -0.2) is 30.7 Å². The average molecular weight is 253 g/mol. The summed E-state index contributed by atoms with van der Waals surface area (Å²) in [7, 11) is 0. The Bertz CT molecular complexity index is 389. The summed E-state index contributed by atoms with van der Waals surface area (Å²) >= 11 is 0. The van der Waals surface area contributed by atoms with Gasteiger partial charge >= 0.3 is 0 Å². The molecule has 0 spiro atoms. The number of nitrogens with one attached hydrogen (secondary N) is 2. The van der Waals surface area contributed by atoms with E-state index < -0.39 is 5.60 Å². The van der Waals surface area contributed by atoms with E-state index in [0.717, 1.165) is 18.8 Å². The SMILES string of the molecule is CCNC(=NCC(C)(O)c1ccc(C)o1)NCC. The Balaban J connectivity index is 2.72. The maximum absolute atomic E-state index is 10.3. The molecule has 5 nitrogen and oxygen atoms in total. The van der Waals surface area contributed by atoms with Crippen LogP contribution >= 0.6 is 0 Å². The first-order valence-electron chi connectivity index (χ1n) is 6.31. The second-order valence-corrected chi connectivity index (χ2v) is 4.41. The van der Waals surface area contributed by atoms with Gasteiger partial charge in [0.2, 0.25) is 0 Å². The van der Waals surface area contributed by atoms with Crippen LogP contribution in [-0.2, 0) is 5.60 Å². The molecule has 1 rings (SSSR count). The third kappa shape index (κ3) is 4.07. The van der Waals surface area contributed by atoms with Crippen LogP contribution in [0.3, 0.4) is 0 Å². The lowest BCUT2D eigenvalue weighted by atomic mass is 10.0. The Morgan fingerprint density at radius 2 is 1.94 bits per heavy atom. The van der Waals surface area contributed by atoms with Crippen LogP contribution in [0.1, 0.15) is 32.3 Å². The summed E-state index contributed by atoms with van der Waals surface area (Å²) in [5.74, 6) is 2.02. The molecule has 1 heterocycles. The third-order valence-corrected chi connectivity index (χ3v) is 2.50. The van der Waals surface area contributed by atoms with E-state index >= 15 is 0 Å². The van der Waals surface area contributed by atoms with Crippen LogP contribution < -0.4 is 10.6 Å². The van der Waals surface area contributed by atoms with Crippen molar-refractivity contribution in [2.24, 2.45) is 4.99 Å². The second kappa shape index (κ2) is 6.44. The molecule has 0 aliphatic heterocycles. The smallest absolute Gasteiger partial charge is 0.191 e. The highest BCUT2D eigenvalue weighted by Gasteiger charge is 2.26. The molecule has 0 radical (unpaired) electrons. The summed E-state index contributed by atoms with van der Waals surface area (Å²) in [5.41, 5.74) is -1.09. The van der Waals surface area contributed by atoms with Gasteiger partial charge in [-0.05, 0) is 39.8 Å². The molecule has 102 valence electrons. The first-order valence-corrected chi connectivity index (χ1v) is 6.31. The number of aryl methyl sites for hydroxylation is 1. The molecular weight excluding hydrogens is 230 g/mol. The van der Waals surface area contributed by atoms with Crippen molar-refractivity contribution in [2.75, 3.05) is 19.6 Å². The van der Waals surface area contributed by atoms with Crippen LogP contribution in [0.5, 0.6) is 0 Å². The maximum Gasteiger partial charge on any atom is 0.191 e. The second-order valence-electron chi connectivity index (χ2n) is 4.41. The van der Waals surface area contributed by atoms with Crippen LogP contribution in [0, 0.1) is 6.92 Å². The first-order chi connectivity index (χ1) is 8.49. The van der Waals surface area contributed by atoms with Gasteiger partial charge in [-0.2, -0.15) is 0 Å². The monoisotopic (exact) mass is 253 g/mol. The number of furan rings is 1. The highest BCUT2D eigenvalue weighted by atomic mass is 16.4. The number of hydrogen-bond donors (Lipinski definition) is 3. The molecule has 1 aromatic rings. The van der Waals surface area contributed by atoms with E-state index in [9.17, 15) is 5.11 Å². The van der Waals surface area contributed by atoms with Gasteiger partial charge in [0.05, 0.1) is 6.54 Å². The fraction of sp³-hybridized carbons (Fsp3) is 0.615. The van der Waals surface area contributed by atoms with Crippen LogP contribution in [0.25, 0.3) is 0 Å². The highest BCUT2D eigenvalue weighted by molar-refractivity contribution is 5.79. The van der Waals surface area contributed by atoms with Gasteiger partial charge in [-0.3, -0.25) is 0 Å². The normalized spacial score (nSPS) is 13.8. The molecule has 1 unspecified atom stereocenters. The summed E-state index contributed by atoms with van der Waals surface area (Å²) in [6.07, 6.45) is 0. The minimum atomic E-state index is -1.09. The molecule has 0 saturated carbocycles. The minimum absolute atomic E-state index is 0.245. The Labute approximate surface area is 108 Å². The zero-order valence-electron chi connectivity index (χ0n) is 11.6. The molecule has 0 aliphatic carbocycles. The van der Waals surface area contributed by atoms with Gasteiger partial charge in [-0.15, -0.1) is 0 Å². The van der Waals surface area contributed by atoms with Crippen LogP contribution in [0.4, 0.5) is 0 Å². The lowest BCUT2D eigenvalue weighted by Gasteiger charge is -2.19. The summed E-state index contributed by atoms with van der Waals surface area (Å²) in [6, 6.07) is 3.62. The number of aliphatic hydroxyl groups is 1. The largest absolute Gasteiger partial charge is 0.463 e. The lowest BCUT2D eigenvalue weighted by molar-refractivity contribution is 0.0428. The molecule has 0 amide bonds. The fourth-order valence-corrected chi connectivity index (χ4v) is 1.54. The fourth-order valence-electron chi connectivity index (χ4n) is 1.54. The van der Waals surface area contributed by atoms with Gasteiger partial charge in [-0.1, -0.05) is 0 Å². The molecule has 5 heteroatoms. The molecule has 0 aliphatic rings. The molecule has 1 aromatic heterocycles. The van der Waals surface area contributed by atoms with Gasteiger partial charge in [0, 0.05) is 13.1 Å². The summed E-state index contributed by atoms with van der Waals surface area (Å²) < 4.78 is 5.44. The van der Waals surface area contributed by atoms with Gasteiger partial charge in [0.15, 0.2) is 5.96 Å². The zero-order valence-corrected chi connectivity index (χ0v) is 11.6. The van der Waals surface area contributed by atoms with Crippen molar-refractivity contribution in [1.82, 2.24) is 10.6 Å². The zero-order chi connectivity index (χ0) is 13.6. The van der Waals surface area contributed by atoms with Gasteiger partial charge in [-0.25, -0.2) is 4.99 Å². The molecular formula is C13H23N3O2. The molecule has 0 bridgehead atoms. The molecule has 0 saturated heterocycles. The number of nitrogens with zero attached hydrogens (tertiary/aromatic N) is 1. The first kappa shape index (κ1) is 14.6. The van der Waals surface area contributed by atoms with Crippen LogP contribution in [0.15, 0.2) is 21.5 Å². The molecule has 0 fully saturated rings. The summed E-state index contributed by atoms with van der Waals surface area (Å²) in [6.45, 7) is 9.37. The molecule has 1 atom stereocenters. The third-order valence-electron chi connectivity index (χ3n) is 2.50. The quantitative estimate of drug-likeness (QED) is 0.547. The van der Waals surface area contributed by atoms with Crippen molar-refractivity contribution < 1.29 is 9.52 Å². The van der Waals surface area contributed by atoms with E-state index in [0.29, 0.717) is 11.7 Å². The van der Waals surface area contributed by atoms with E-state index in [4.69, 9.17) is 4.42 Å². The van der Waals surface area contributed by atoms with Crippen molar-refractivity contribution in [1.29, 1.82) is 0 Å². The van der Waals surface area contributed by atoms with Crippen molar-refractivity contribution in [2.45, 2.75) is 33.3 Å². The maximum atomic E-state index is 10.3. The number of aliphatic imine (C=N–C) groups is 1. The number of guanidine groups is 1. The Kier molecular flexibility index (Phi) is 5.22. The van der Waals surface area contributed by atoms with Crippen molar-refractivity contribution in [3.05, 3.63) is 23.7 Å². The predicted octanol–water partition coefficient (Wildman–Crippen LogP) is 1.37. The summed E-state index contributed by atoms with van der Waals surface area (Å²) in [4.78, 5) is 4.34. The molecule has 0 aromatic carbocycles. The highest BCUT2D eigenvalue weighted by Crippen LogP contribution is 2.22. The van der Waals surface area contributed by atoms with Crippen LogP contribution in [0.2, 0.25) is 0 Å². The number of hydrogen-bond acceptors (Lipinski definition) is 3. The van der Waals surface area contributed by atoms with Gasteiger partial charge in [0.25, 0.3) is 0 Å². The van der Waals surface area contributed by atoms with E-state index in [-0.39, 0.29) is 6.54 Å². The van der Waals surface area contributed by atoms with Crippen molar-refractivity contribution in [3.8, 4) is 0 Å².